The maximum absolute atomic E-state index is 13.0. The molecule has 2 aromatic carbocycles. The first kappa shape index (κ1) is 28.2. The number of aromatic nitrogens is 1. The van der Waals surface area contributed by atoms with E-state index in [-0.39, 0.29) is 11.8 Å². The first-order chi connectivity index (χ1) is 19.0. The minimum atomic E-state index is -4.75. The van der Waals surface area contributed by atoms with Gasteiger partial charge in [-0.1, -0.05) is 12.8 Å². The van der Waals surface area contributed by atoms with Crippen molar-refractivity contribution in [3.63, 3.8) is 0 Å². The van der Waals surface area contributed by atoms with Crippen LogP contribution in [-0.4, -0.2) is 30.5 Å². The van der Waals surface area contributed by atoms with Crippen molar-refractivity contribution in [1.29, 1.82) is 0 Å². The molecule has 1 N–H and O–H groups in total. The molecule has 1 aliphatic carbocycles. The van der Waals surface area contributed by atoms with Crippen molar-refractivity contribution in [3.05, 3.63) is 60.3 Å². The smallest absolute Gasteiger partial charge is 0.424 e. The number of hydrogen-bond donors (Lipinski definition) is 1. The molecule has 1 saturated carbocycles. The number of oxazole rings is 1. The second kappa shape index (κ2) is 11.6. The van der Waals surface area contributed by atoms with Gasteiger partial charge in [-0.25, -0.2) is 4.98 Å². The van der Waals surface area contributed by atoms with Crippen LogP contribution in [0.25, 0.3) is 11.3 Å². The summed E-state index contributed by atoms with van der Waals surface area (Å²) >= 11 is 0. The number of halogens is 6. The van der Waals surface area contributed by atoms with Crippen molar-refractivity contribution in [1.82, 2.24) is 4.98 Å². The Hall–Kier alpha value is -3.37. The third kappa shape index (κ3) is 7.22. The molecule has 40 heavy (non-hydrogen) atoms. The van der Waals surface area contributed by atoms with Crippen LogP contribution in [0.2, 0.25) is 0 Å². The second-order valence-electron chi connectivity index (χ2n) is 10.6. The molecule has 1 aliphatic heterocycles. The number of anilines is 2. The molecule has 5 rings (SSSR count). The Morgan fingerprint density at radius 3 is 2.33 bits per heavy atom. The number of alkyl halides is 6. The van der Waals surface area contributed by atoms with Crippen LogP contribution < -0.4 is 15.0 Å². The van der Waals surface area contributed by atoms with Gasteiger partial charge < -0.3 is 19.4 Å². The highest BCUT2D eigenvalue weighted by Crippen LogP contribution is 2.37. The van der Waals surface area contributed by atoms with E-state index >= 15 is 0 Å². The molecular formula is C29H31F6N3O2. The number of ether oxygens (including phenoxy) is 1. The Labute approximate surface area is 228 Å². The highest BCUT2D eigenvalue weighted by molar-refractivity contribution is 5.58. The zero-order valence-corrected chi connectivity index (χ0v) is 21.8. The quantitative estimate of drug-likeness (QED) is 0.290. The first-order valence-electron chi connectivity index (χ1n) is 13.5. The van der Waals surface area contributed by atoms with Gasteiger partial charge in [0.1, 0.15) is 5.75 Å². The minimum Gasteiger partial charge on any atom is -0.424 e. The molecule has 2 aliphatic rings. The maximum Gasteiger partial charge on any atom is 0.573 e. The summed E-state index contributed by atoms with van der Waals surface area (Å²) in [7, 11) is 0. The van der Waals surface area contributed by atoms with Gasteiger partial charge in [-0.2, -0.15) is 13.2 Å². The van der Waals surface area contributed by atoms with Gasteiger partial charge in [-0.05, 0) is 92.5 Å². The predicted molar refractivity (Wildman–Crippen MR) is 139 cm³/mol. The summed E-state index contributed by atoms with van der Waals surface area (Å²) < 4.78 is 85.9. The molecule has 3 aromatic rings. The van der Waals surface area contributed by atoms with Crippen LogP contribution >= 0.6 is 0 Å². The highest BCUT2D eigenvalue weighted by atomic mass is 19.4. The largest absolute Gasteiger partial charge is 0.573 e. The molecule has 2 heterocycles. The van der Waals surface area contributed by atoms with Crippen molar-refractivity contribution in [2.45, 2.75) is 63.5 Å². The van der Waals surface area contributed by atoms with E-state index in [2.05, 4.69) is 19.9 Å². The van der Waals surface area contributed by atoms with Gasteiger partial charge >= 0.3 is 12.5 Å². The molecule has 1 aromatic heterocycles. The summed E-state index contributed by atoms with van der Waals surface area (Å²) in [6, 6.07) is 11.4. The van der Waals surface area contributed by atoms with Crippen molar-refractivity contribution in [2.75, 3.05) is 23.3 Å². The van der Waals surface area contributed by atoms with Gasteiger partial charge in [0, 0.05) is 30.4 Å². The molecule has 1 saturated heterocycles. The van der Waals surface area contributed by atoms with Crippen molar-refractivity contribution < 1.29 is 35.5 Å². The summed E-state index contributed by atoms with van der Waals surface area (Å²) in [4.78, 5) is 6.53. The maximum atomic E-state index is 13.0. The number of rotatable bonds is 7. The Morgan fingerprint density at radius 1 is 0.900 bits per heavy atom. The number of hydrogen-bond acceptors (Lipinski definition) is 5. The molecule has 5 nitrogen and oxygen atoms in total. The van der Waals surface area contributed by atoms with E-state index in [0.717, 1.165) is 75.9 Å². The summed E-state index contributed by atoms with van der Waals surface area (Å²) in [6.45, 7) is 1.64. The summed E-state index contributed by atoms with van der Waals surface area (Å²) in [5, 5.41) is 3.44. The number of piperidine rings is 1. The topological polar surface area (TPSA) is 50.5 Å². The molecule has 0 amide bonds. The van der Waals surface area contributed by atoms with E-state index in [0.29, 0.717) is 29.2 Å². The minimum absolute atomic E-state index is 0.171. The third-order valence-electron chi connectivity index (χ3n) is 7.81. The Kier molecular flexibility index (Phi) is 8.19. The molecule has 216 valence electrons. The lowest BCUT2D eigenvalue weighted by Crippen LogP contribution is -2.39. The van der Waals surface area contributed by atoms with Gasteiger partial charge in [0.05, 0.1) is 11.8 Å². The van der Waals surface area contributed by atoms with E-state index in [4.69, 9.17) is 4.42 Å². The van der Waals surface area contributed by atoms with Gasteiger partial charge in [0.2, 0.25) is 0 Å². The monoisotopic (exact) mass is 567 g/mol. The van der Waals surface area contributed by atoms with E-state index in [1.165, 1.54) is 24.3 Å². The van der Waals surface area contributed by atoms with Crippen LogP contribution in [0.3, 0.4) is 0 Å². The predicted octanol–water partition coefficient (Wildman–Crippen LogP) is 8.54. The molecule has 2 fully saturated rings. The fraction of sp³-hybridized carbons (Fsp3) is 0.483. The van der Waals surface area contributed by atoms with Crippen LogP contribution in [0.5, 0.6) is 5.75 Å². The Bertz CT molecular complexity index is 1240. The normalized spacial score (nSPS) is 22.2. The summed E-state index contributed by atoms with van der Waals surface area (Å²) in [6.07, 6.45) is -0.197. The molecule has 0 radical (unpaired) electrons. The summed E-state index contributed by atoms with van der Waals surface area (Å²) in [5.74, 6) is 0.966. The third-order valence-corrected chi connectivity index (χ3v) is 7.81. The zero-order valence-electron chi connectivity index (χ0n) is 21.8. The van der Waals surface area contributed by atoms with Crippen molar-refractivity contribution in [3.8, 4) is 17.1 Å². The van der Waals surface area contributed by atoms with Crippen LogP contribution in [0.15, 0.2) is 59.1 Å². The Morgan fingerprint density at radius 2 is 1.62 bits per heavy atom. The SMILES string of the molecule is FC(F)(F)Oc1ccc(-c2cnc(N[C@@H]3CCCC[C@H]3C[C@H]3CCCN(c4ccc(C(F)(F)F)cc4)C3)o2)cc1. The zero-order chi connectivity index (χ0) is 28.3. The highest BCUT2D eigenvalue weighted by Gasteiger charge is 2.33. The van der Waals surface area contributed by atoms with E-state index in [9.17, 15) is 26.3 Å². The molecule has 0 spiro atoms. The average molecular weight is 568 g/mol. The lowest BCUT2D eigenvalue weighted by Gasteiger charge is -2.39. The van der Waals surface area contributed by atoms with Gasteiger partial charge in [0.15, 0.2) is 5.76 Å². The van der Waals surface area contributed by atoms with Crippen molar-refractivity contribution >= 4 is 11.7 Å². The average Bonchev–Trinajstić information content (AvgIpc) is 3.38. The Balaban J connectivity index is 1.19. The van der Waals surface area contributed by atoms with Gasteiger partial charge in [0.25, 0.3) is 6.01 Å². The van der Waals surface area contributed by atoms with E-state index < -0.39 is 18.1 Å². The van der Waals surface area contributed by atoms with Gasteiger partial charge in [-0.15, -0.1) is 13.2 Å². The van der Waals surface area contributed by atoms with E-state index in [1.807, 2.05) is 0 Å². The van der Waals surface area contributed by atoms with Gasteiger partial charge in [-0.3, -0.25) is 0 Å². The lowest BCUT2D eigenvalue weighted by molar-refractivity contribution is -0.274. The number of nitrogens with zero attached hydrogens (tertiary/aromatic N) is 2. The molecule has 0 unspecified atom stereocenters. The summed E-state index contributed by atoms with van der Waals surface area (Å²) in [5.41, 5.74) is 0.769. The van der Waals surface area contributed by atoms with Crippen LogP contribution in [-0.2, 0) is 6.18 Å². The molecule has 11 heteroatoms. The van der Waals surface area contributed by atoms with E-state index in [1.54, 1.807) is 18.3 Å². The number of benzene rings is 2. The van der Waals surface area contributed by atoms with Crippen LogP contribution in [0.1, 0.15) is 50.5 Å². The fourth-order valence-corrected chi connectivity index (χ4v) is 5.91. The lowest BCUT2D eigenvalue weighted by atomic mass is 9.77. The molecular weight excluding hydrogens is 536 g/mol. The standard InChI is InChI=1S/C29H31F6N3O2/c30-28(31,32)22-9-11-23(12-10-22)38-15-3-4-19(18-38)16-21-5-1-2-6-25(21)37-27-36-17-26(39-27)20-7-13-24(14-8-20)40-29(33,34)35/h7-14,17,19,21,25H,1-6,15-16,18H2,(H,36,37)/t19-,21+,25-/m1/s1. The first-order valence-corrected chi connectivity index (χ1v) is 13.5. The molecule has 3 atom stereocenters. The van der Waals surface area contributed by atoms with Crippen LogP contribution in [0, 0.1) is 11.8 Å². The van der Waals surface area contributed by atoms with Crippen LogP contribution in [0.4, 0.5) is 38.0 Å². The number of nitrogens with one attached hydrogen (secondary N) is 1. The molecule has 0 bridgehead atoms. The fourth-order valence-electron chi connectivity index (χ4n) is 5.91. The second-order valence-corrected chi connectivity index (χ2v) is 10.6. The van der Waals surface area contributed by atoms with Crippen molar-refractivity contribution in [2.24, 2.45) is 11.8 Å².